The van der Waals surface area contributed by atoms with Crippen molar-refractivity contribution in [1.29, 1.82) is 0 Å². The number of halogens is 2. The lowest BCUT2D eigenvalue weighted by atomic mass is 10.2. The van der Waals surface area contributed by atoms with E-state index in [-0.39, 0.29) is 17.2 Å². The maximum Gasteiger partial charge on any atom is 0.311 e. The minimum atomic E-state index is -0.558. The molecule has 0 fully saturated rings. The number of hydrogen-bond donors (Lipinski definition) is 0. The Hall–Kier alpha value is -1.95. The topological polar surface area (TPSA) is 52.4 Å². The molecule has 2 rings (SSSR count). The molecule has 0 bridgehead atoms. The molecule has 0 aromatic heterocycles. The van der Waals surface area contributed by atoms with E-state index in [4.69, 9.17) is 4.74 Å². The third-order valence-electron chi connectivity index (χ3n) is 2.68. The number of nitro groups is 1. The smallest absolute Gasteiger partial charge is 0.311 e. The van der Waals surface area contributed by atoms with Crippen molar-refractivity contribution >= 4 is 21.6 Å². The quantitative estimate of drug-likeness (QED) is 0.459. The van der Waals surface area contributed by atoms with E-state index in [2.05, 4.69) is 15.9 Å². The fraction of sp³-hybridized carbons (Fsp3) is 0.143. The molecular formula is C14H11BrFNO3. The standard InChI is InChI=1S/C14H11BrFNO3/c1-9-2-4-12(17(18)19)14(6-9)20-13-5-3-10(8-15)7-11(13)16/h2-7H,8H2,1H3. The molecule has 0 aliphatic rings. The van der Waals surface area contributed by atoms with Gasteiger partial charge in [0, 0.05) is 11.4 Å². The first kappa shape index (κ1) is 14.5. The largest absolute Gasteiger partial charge is 0.447 e. The molecule has 0 N–H and O–H groups in total. The normalized spacial score (nSPS) is 10.3. The highest BCUT2D eigenvalue weighted by atomic mass is 79.9. The SMILES string of the molecule is Cc1ccc([N+](=O)[O-])c(Oc2ccc(CBr)cc2F)c1. The van der Waals surface area contributed by atoms with Crippen LogP contribution < -0.4 is 4.74 Å². The summed E-state index contributed by atoms with van der Waals surface area (Å²) in [6.45, 7) is 1.78. The van der Waals surface area contributed by atoms with Crippen molar-refractivity contribution in [3.05, 3.63) is 63.5 Å². The summed E-state index contributed by atoms with van der Waals surface area (Å²) in [6, 6.07) is 8.93. The lowest BCUT2D eigenvalue weighted by Crippen LogP contribution is -1.96. The predicted molar refractivity (Wildman–Crippen MR) is 76.9 cm³/mol. The molecule has 0 saturated heterocycles. The zero-order valence-corrected chi connectivity index (χ0v) is 12.2. The van der Waals surface area contributed by atoms with Crippen LogP contribution in [-0.4, -0.2) is 4.92 Å². The summed E-state index contributed by atoms with van der Waals surface area (Å²) in [5, 5.41) is 11.5. The molecule has 2 aromatic carbocycles. The van der Waals surface area contributed by atoms with Gasteiger partial charge in [-0.25, -0.2) is 4.39 Å². The van der Waals surface area contributed by atoms with Gasteiger partial charge in [0.1, 0.15) is 0 Å². The average molecular weight is 340 g/mol. The van der Waals surface area contributed by atoms with Gasteiger partial charge < -0.3 is 4.74 Å². The summed E-state index contributed by atoms with van der Waals surface area (Å²) >= 11 is 3.23. The van der Waals surface area contributed by atoms with E-state index in [9.17, 15) is 14.5 Å². The van der Waals surface area contributed by atoms with Crippen molar-refractivity contribution in [2.24, 2.45) is 0 Å². The molecule has 2 aromatic rings. The van der Waals surface area contributed by atoms with Crippen LogP contribution in [0.2, 0.25) is 0 Å². The number of aryl methyl sites for hydroxylation is 1. The zero-order chi connectivity index (χ0) is 14.7. The Bertz CT molecular complexity index is 661. The average Bonchev–Trinajstić information content (AvgIpc) is 2.40. The zero-order valence-electron chi connectivity index (χ0n) is 10.6. The van der Waals surface area contributed by atoms with Crippen LogP contribution in [0, 0.1) is 22.9 Å². The molecule has 6 heteroatoms. The van der Waals surface area contributed by atoms with E-state index in [0.29, 0.717) is 5.33 Å². The van der Waals surface area contributed by atoms with Gasteiger partial charge in [0.15, 0.2) is 11.6 Å². The Morgan fingerprint density at radius 1 is 1.25 bits per heavy atom. The Morgan fingerprint density at radius 3 is 2.60 bits per heavy atom. The van der Waals surface area contributed by atoms with E-state index in [1.54, 1.807) is 19.1 Å². The second-order valence-corrected chi connectivity index (χ2v) is 4.79. The number of benzene rings is 2. The van der Waals surface area contributed by atoms with Gasteiger partial charge in [-0.3, -0.25) is 10.1 Å². The Labute approximate surface area is 123 Å². The molecule has 0 heterocycles. The highest BCUT2D eigenvalue weighted by Gasteiger charge is 2.17. The predicted octanol–water partition coefficient (Wildman–Crippen LogP) is 4.73. The first-order valence-electron chi connectivity index (χ1n) is 5.78. The van der Waals surface area contributed by atoms with Crippen LogP contribution in [0.3, 0.4) is 0 Å². The van der Waals surface area contributed by atoms with Crippen molar-refractivity contribution in [1.82, 2.24) is 0 Å². The van der Waals surface area contributed by atoms with Crippen LogP contribution in [0.5, 0.6) is 11.5 Å². The maximum atomic E-state index is 13.8. The first-order chi connectivity index (χ1) is 9.51. The summed E-state index contributed by atoms with van der Waals surface area (Å²) < 4.78 is 19.2. The molecule has 20 heavy (non-hydrogen) atoms. The van der Waals surface area contributed by atoms with Crippen LogP contribution in [0.15, 0.2) is 36.4 Å². The van der Waals surface area contributed by atoms with Crippen molar-refractivity contribution in [3.63, 3.8) is 0 Å². The molecule has 0 saturated carbocycles. The molecule has 104 valence electrons. The van der Waals surface area contributed by atoms with Crippen molar-refractivity contribution in [2.45, 2.75) is 12.3 Å². The van der Waals surface area contributed by atoms with E-state index in [1.807, 2.05) is 0 Å². The summed E-state index contributed by atoms with van der Waals surface area (Å²) in [5.74, 6) is -0.568. The van der Waals surface area contributed by atoms with E-state index < -0.39 is 10.7 Å². The van der Waals surface area contributed by atoms with Crippen LogP contribution in [0.25, 0.3) is 0 Å². The highest BCUT2D eigenvalue weighted by molar-refractivity contribution is 9.08. The van der Waals surface area contributed by atoms with Crippen molar-refractivity contribution < 1.29 is 14.1 Å². The fourth-order valence-corrected chi connectivity index (χ4v) is 2.03. The monoisotopic (exact) mass is 339 g/mol. The fourth-order valence-electron chi connectivity index (χ4n) is 1.68. The third kappa shape index (κ3) is 3.14. The summed E-state index contributed by atoms with van der Waals surface area (Å²) in [7, 11) is 0. The molecule has 0 aliphatic carbocycles. The van der Waals surface area contributed by atoms with Crippen LogP contribution >= 0.6 is 15.9 Å². The number of rotatable bonds is 4. The number of alkyl halides is 1. The van der Waals surface area contributed by atoms with E-state index in [1.165, 1.54) is 24.3 Å². The van der Waals surface area contributed by atoms with Gasteiger partial charge in [-0.05, 0) is 36.2 Å². The van der Waals surface area contributed by atoms with E-state index >= 15 is 0 Å². The molecule has 0 radical (unpaired) electrons. The van der Waals surface area contributed by atoms with Gasteiger partial charge in [0.2, 0.25) is 5.75 Å². The minimum Gasteiger partial charge on any atom is -0.447 e. The molecule has 0 amide bonds. The Morgan fingerprint density at radius 2 is 2.00 bits per heavy atom. The number of ether oxygens (including phenoxy) is 1. The molecule has 0 atom stereocenters. The number of nitrogens with zero attached hydrogens (tertiary/aromatic N) is 1. The van der Waals surface area contributed by atoms with Gasteiger partial charge in [-0.2, -0.15) is 0 Å². The second kappa shape index (κ2) is 6.00. The van der Waals surface area contributed by atoms with Gasteiger partial charge >= 0.3 is 5.69 Å². The Kier molecular flexibility index (Phi) is 4.34. The molecular weight excluding hydrogens is 329 g/mol. The van der Waals surface area contributed by atoms with Crippen molar-refractivity contribution in [3.8, 4) is 11.5 Å². The highest BCUT2D eigenvalue weighted by Crippen LogP contribution is 2.33. The van der Waals surface area contributed by atoms with Crippen molar-refractivity contribution in [2.75, 3.05) is 0 Å². The van der Waals surface area contributed by atoms with Crippen LogP contribution in [-0.2, 0) is 5.33 Å². The van der Waals surface area contributed by atoms with Crippen LogP contribution in [0.1, 0.15) is 11.1 Å². The molecule has 0 spiro atoms. The summed E-state index contributed by atoms with van der Waals surface area (Å²) in [5.41, 5.74) is 1.36. The first-order valence-corrected chi connectivity index (χ1v) is 6.90. The lowest BCUT2D eigenvalue weighted by molar-refractivity contribution is -0.385. The summed E-state index contributed by atoms with van der Waals surface area (Å²) in [4.78, 5) is 10.4. The summed E-state index contributed by atoms with van der Waals surface area (Å²) in [6.07, 6.45) is 0. The second-order valence-electron chi connectivity index (χ2n) is 4.23. The number of nitro benzene ring substituents is 1. The molecule has 4 nitrogen and oxygen atoms in total. The molecule has 0 aliphatic heterocycles. The molecule has 0 unspecified atom stereocenters. The van der Waals surface area contributed by atoms with Crippen LogP contribution in [0.4, 0.5) is 10.1 Å². The Balaban J connectivity index is 2.39. The van der Waals surface area contributed by atoms with E-state index in [0.717, 1.165) is 11.1 Å². The van der Waals surface area contributed by atoms with Gasteiger partial charge in [0.25, 0.3) is 0 Å². The third-order valence-corrected chi connectivity index (χ3v) is 3.33. The van der Waals surface area contributed by atoms with Gasteiger partial charge in [-0.15, -0.1) is 0 Å². The maximum absolute atomic E-state index is 13.8. The van der Waals surface area contributed by atoms with Gasteiger partial charge in [0.05, 0.1) is 4.92 Å². The minimum absolute atomic E-state index is 0.0282. The number of hydrogen-bond acceptors (Lipinski definition) is 3. The lowest BCUT2D eigenvalue weighted by Gasteiger charge is -2.08. The van der Waals surface area contributed by atoms with Gasteiger partial charge in [-0.1, -0.05) is 28.1 Å².